The standard InChI is InChI=1S/C13H17N5O2/c1-8(14)13-16-12(17-20-13)9-3-4-15-11(5-9)18-6-10(7-18)19-2/h3-5,8,10H,6-7,14H2,1-2H3. The molecule has 2 N–H and O–H groups in total. The Bertz CT molecular complexity index is 592. The predicted molar refractivity (Wildman–Crippen MR) is 73.1 cm³/mol. The van der Waals surface area contributed by atoms with Crippen molar-refractivity contribution in [2.45, 2.75) is 19.1 Å². The molecular weight excluding hydrogens is 258 g/mol. The molecule has 0 spiro atoms. The van der Waals surface area contributed by atoms with Gasteiger partial charge in [-0.25, -0.2) is 4.98 Å². The van der Waals surface area contributed by atoms with Gasteiger partial charge in [0.2, 0.25) is 11.7 Å². The number of ether oxygens (including phenoxy) is 1. The third-order valence-electron chi connectivity index (χ3n) is 3.34. The molecule has 7 heteroatoms. The second-order valence-corrected chi connectivity index (χ2v) is 4.91. The minimum atomic E-state index is -0.268. The summed E-state index contributed by atoms with van der Waals surface area (Å²) in [4.78, 5) is 10.8. The molecule has 0 bridgehead atoms. The Hall–Kier alpha value is -1.99. The molecule has 1 saturated heterocycles. The van der Waals surface area contributed by atoms with E-state index in [9.17, 15) is 0 Å². The lowest BCUT2D eigenvalue weighted by atomic mass is 10.1. The van der Waals surface area contributed by atoms with Crippen molar-refractivity contribution in [3.05, 3.63) is 24.2 Å². The molecule has 0 amide bonds. The van der Waals surface area contributed by atoms with Crippen LogP contribution in [0.2, 0.25) is 0 Å². The Morgan fingerprint density at radius 3 is 2.95 bits per heavy atom. The second-order valence-electron chi connectivity index (χ2n) is 4.91. The van der Waals surface area contributed by atoms with E-state index in [4.69, 9.17) is 15.0 Å². The van der Waals surface area contributed by atoms with Gasteiger partial charge >= 0.3 is 0 Å². The lowest BCUT2D eigenvalue weighted by Gasteiger charge is -2.39. The van der Waals surface area contributed by atoms with E-state index in [1.165, 1.54) is 0 Å². The van der Waals surface area contributed by atoms with E-state index in [2.05, 4.69) is 20.0 Å². The SMILES string of the molecule is COC1CN(c2cc(-c3noc(C(C)N)n3)ccn2)C1. The maximum atomic E-state index is 5.71. The van der Waals surface area contributed by atoms with Crippen molar-refractivity contribution >= 4 is 5.82 Å². The zero-order valence-corrected chi connectivity index (χ0v) is 11.5. The topological polar surface area (TPSA) is 90.3 Å². The summed E-state index contributed by atoms with van der Waals surface area (Å²) < 4.78 is 10.4. The van der Waals surface area contributed by atoms with E-state index in [1.807, 2.05) is 12.1 Å². The molecule has 106 valence electrons. The minimum absolute atomic E-state index is 0.268. The quantitative estimate of drug-likeness (QED) is 0.889. The summed E-state index contributed by atoms with van der Waals surface area (Å²) in [6.45, 7) is 3.51. The van der Waals surface area contributed by atoms with Gasteiger partial charge in [-0.3, -0.25) is 0 Å². The molecule has 7 nitrogen and oxygen atoms in total. The lowest BCUT2D eigenvalue weighted by molar-refractivity contribution is 0.0783. The molecule has 0 aliphatic carbocycles. The first-order chi connectivity index (χ1) is 9.67. The fourth-order valence-electron chi connectivity index (χ4n) is 2.04. The van der Waals surface area contributed by atoms with Gasteiger partial charge in [0.25, 0.3) is 0 Å². The monoisotopic (exact) mass is 275 g/mol. The average molecular weight is 275 g/mol. The van der Waals surface area contributed by atoms with Crippen LogP contribution in [0, 0.1) is 0 Å². The number of rotatable bonds is 4. The van der Waals surface area contributed by atoms with Crippen LogP contribution in [-0.2, 0) is 4.74 Å². The summed E-state index contributed by atoms with van der Waals surface area (Å²) in [5, 5.41) is 3.95. The van der Waals surface area contributed by atoms with E-state index in [1.54, 1.807) is 20.2 Å². The van der Waals surface area contributed by atoms with Gasteiger partial charge in [0.05, 0.1) is 12.1 Å². The fraction of sp³-hybridized carbons (Fsp3) is 0.462. The van der Waals surface area contributed by atoms with E-state index in [0.29, 0.717) is 11.7 Å². The molecular formula is C13H17N5O2. The molecule has 1 fully saturated rings. The van der Waals surface area contributed by atoms with Crippen LogP contribution < -0.4 is 10.6 Å². The normalized spacial score (nSPS) is 17.1. The smallest absolute Gasteiger partial charge is 0.243 e. The van der Waals surface area contributed by atoms with Crippen LogP contribution in [0.15, 0.2) is 22.9 Å². The van der Waals surface area contributed by atoms with Gasteiger partial charge in [0.15, 0.2) is 0 Å². The number of hydrogen-bond acceptors (Lipinski definition) is 7. The molecule has 2 aromatic rings. The first-order valence-corrected chi connectivity index (χ1v) is 6.50. The summed E-state index contributed by atoms with van der Waals surface area (Å²) >= 11 is 0. The Kier molecular flexibility index (Phi) is 3.37. The summed E-state index contributed by atoms with van der Waals surface area (Å²) in [5.41, 5.74) is 6.58. The highest BCUT2D eigenvalue weighted by Crippen LogP contribution is 2.25. The van der Waals surface area contributed by atoms with Gasteiger partial charge in [0, 0.05) is 32.0 Å². The summed E-state index contributed by atoms with van der Waals surface area (Å²) in [6, 6.07) is 3.53. The number of methoxy groups -OCH3 is 1. The lowest BCUT2D eigenvalue weighted by Crippen LogP contribution is -2.52. The van der Waals surface area contributed by atoms with E-state index in [-0.39, 0.29) is 12.1 Å². The third kappa shape index (κ3) is 2.37. The van der Waals surface area contributed by atoms with Crippen molar-refractivity contribution in [3.63, 3.8) is 0 Å². The van der Waals surface area contributed by atoms with Crippen LogP contribution in [0.4, 0.5) is 5.82 Å². The highest BCUT2D eigenvalue weighted by molar-refractivity contribution is 5.60. The molecule has 0 aromatic carbocycles. The molecule has 1 atom stereocenters. The Labute approximate surface area is 116 Å². The van der Waals surface area contributed by atoms with Crippen molar-refractivity contribution < 1.29 is 9.26 Å². The molecule has 3 heterocycles. The van der Waals surface area contributed by atoms with Gasteiger partial charge in [-0.15, -0.1) is 0 Å². The summed E-state index contributed by atoms with van der Waals surface area (Å²) in [7, 11) is 1.72. The zero-order chi connectivity index (χ0) is 14.1. The van der Waals surface area contributed by atoms with Gasteiger partial charge in [-0.05, 0) is 19.1 Å². The van der Waals surface area contributed by atoms with Gasteiger partial charge in [-0.1, -0.05) is 5.16 Å². The number of aromatic nitrogens is 3. The van der Waals surface area contributed by atoms with Gasteiger partial charge < -0.3 is 19.9 Å². The van der Waals surface area contributed by atoms with Crippen molar-refractivity contribution in [1.82, 2.24) is 15.1 Å². The van der Waals surface area contributed by atoms with Crippen molar-refractivity contribution in [2.24, 2.45) is 5.73 Å². The number of pyridine rings is 1. The van der Waals surface area contributed by atoms with Crippen LogP contribution in [0.5, 0.6) is 0 Å². The second kappa shape index (κ2) is 5.18. The maximum absolute atomic E-state index is 5.71. The van der Waals surface area contributed by atoms with Gasteiger partial charge in [0.1, 0.15) is 5.82 Å². The molecule has 0 radical (unpaired) electrons. The highest BCUT2D eigenvalue weighted by Gasteiger charge is 2.27. The number of hydrogen-bond donors (Lipinski definition) is 1. The van der Waals surface area contributed by atoms with Crippen LogP contribution in [-0.4, -0.2) is 41.4 Å². The van der Waals surface area contributed by atoms with E-state index >= 15 is 0 Å². The summed E-state index contributed by atoms with van der Waals surface area (Å²) in [5.74, 6) is 1.86. The fourth-order valence-corrected chi connectivity index (χ4v) is 2.04. The van der Waals surface area contributed by atoms with Gasteiger partial charge in [-0.2, -0.15) is 4.98 Å². The largest absolute Gasteiger partial charge is 0.378 e. The average Bonchev–Trinajstić information content (AvgIpc) is 2.88. The van der Waals surface area contributed by atoms with Crippen molar-refractivity contribution in [3.8, 4) is 11.4 Å². The summed E-state index contributed by atoms with van der Waals surface area (Å²) in [6.07, 6.45) is 2.03. The molecule has 1 aliphatic rings. The van der Waals surface area contributed by atoms with Crippen molar-refractivity contribution in [2.75, 3.05) is 25.1 Å². The molecule has 2 aromatic heterocycles. The van der Waals surface area contributed by atoms with Crippen molar-refractivity contribution in [1.29, 1.82) is 0 Å². The first kappa shape index (κ1) is 13.0. The molecule has 1 aliphatic heterocycles. The molecule has 1 unspecified atom stereocenters. The Morgan fingerprint density at radius 2 is 2.30 bits per heavy atom. The number of nitrogens with two attached hydrogens (primary N) is 1. The maximum Gasteiger partial charge on any atom is 0.243 e. The first-order valence-electron chi connectivity index (χ1n) is 6.50. The highest BCUT2D eigenvalue weighted by atomic mass is 16.5. The van der Waals surface area contributed by atoms with E-state index in [0.717, 1.165) is 24.5 Å². The molecule has 0 saturated carbocycles. The van der Waals surface area contributed by atoms with Crippen LogP contribution in [0.25, 0.3) is 11.4 Å². The predicted octanol–water partition coefficient (Wildman–Crippen LogP) is 0.986. The van der Waals surface area contributed by atoms with E-state index < -0.39 is 0 Å². The Morgan fingerprint density at radius 1 is 1.50 bits per heavy atom. The molecule has 3 rings (SSSR count). The minimum Gasteiger partial charge on any atom is -0.378 e. The number of anilines is 1. The zero-order valence-electron chi connectivity index (χ0n) is 11.5. The third-order valence-corrected chi connectivity index (χ3v) is 3.34. The molecule has 20 heavy (non-hydrogen) atoms. The van der Waals surface area contributed by atoms with Crippen LogP contribution >= 0.6 is 0 Å². The Balaban J connectivity index is 1.80. The number of nitrogens with zero attached hydrogens (tertiary/aromatic N) is 4. The van der Waals surface area contributed by atoms with Crippen LogP contribution in [0.1, 0.15) is 18.9 Å². The van der Waals surface area contributed by atoms with Crippen LogP contribution in [0.3, 0.4) is 0 Å².